The molecule has 6 atom stereocenters. The Morgan fingerprint density at radius 3 is 2.44 bits per heavy atom. The van der Waals surface area contributed by atoms with Crippen molar-refractivity contribution >= 4 is 39.8 Å². The Bertz CT molecular complexity index is 1660. The molecule has 14 nitrogen and oxygen atoms in total. The molecule has 5 aliphatic rings. The van der Waals surface area contributed by atoms with E-state index in [-0.39, 0.29) is 31.5 Å². The number of unbranched alkanes of at least 4 members (excludes halogenated alkanes) is 1. The quantitative estimate of drug-likeness (QED) is 0.241. The Morgan fingerprint density at radius 2 is 1.75 bits per heavy atom. The number of carbonyl (C=O) groups is 5. The maximum Gasteiger partial charge on any atom is 0.318 e. The predicted octanol–water partition coefficient (Wildman–Crippen LogP) is 2.93. The monoisotopic (exact) mass is 739 g/mol. The number of hydrogen-bond donors (Lipinski definition) is 5. The average molecular weight is 740 g/mol. The molecule has 5 N–H and O–H groups in total. The minimum absolute atomic E-state index is 0.0226. The third kappa shape index (κ3) is 8.72. The summed E-state index contributed by atoms with van der Waals surface area (Å²) in [7, 11) is -3.88. The van der Waals surface area contributed by atoms with Crippen LogP contribution in [-0.4, -0.2) is 89.5 Å². The zero-order chi connectivity index (χ0) is 37.0. The standard InChI is InChI=1S/C37H53N7O7S/c1-3-4-12-24(2)38-35(48)40-30-16-9-7-5-6-8-15-27-20-37(27,34(47)42-52(50,51)29-17-18-29)41-32(45)31-19-28(23-44(31)33(30)46)39-36(49)43-21-25-13-10-11-14-26(25)22-43/h8,10-11,13-15,24,27-31H,3-7,9,12,16-23H2,1-2H3,(H,39,49)(H,41,45)(H,42,47)(H2,38,40,48)/b15-8-/t24?,27-,28-,30+,31+,37-/m1/s1. The average Bonchev–Trinajstić information content (AvgIpc) is 3.99. The Morgan fingerprint density at radius 1 is 1.02 bits per heavy atom. The van der Waals surface area contributed by atoms with Gasteiger partial charge in [0.15, 0.2) is 0 Å². The number of benzene rings is 1. The van der Waals surface area contributed by atoms with Crippen LogP contribution in [0.25, 0.3) is 0 Å². The van der Waals surface area contributed by atoms with Crippen LogP contribution in [0.5, 0.6) is 0 Å². The van der Waals surface area contributed by atoms with Crippen molar-refractivity contribution in [3.63, 3.8) is 0 Å². The summed E-state index contributed by atoms with van der Waals surface area (Å²) in [5.74, 6) is -2.26. The molecule has 6 rings (SSSR count). The molecule has 1 unspecified atom stereocenters. The number of allylic oxidation sites excluding steroid dienone is 1. The van der Waals surface area contributed by atoms with E-state index in [2.05, 4.69) is 32.9 Å². The maximum absolute atomic E-state index is 14.4. The lowest BCUT2D eigenvalue weighted by Gasteiger charge is -2.30. The molecule has 0 bridgehead atoms. The van der Waals surface area contributed by atoms with Crippen LogP contribution >= 0.6 is 0 Å². The van der Waals surface area contributed by atoms with Gasteiger partial charge in [-0.25, -0.2) is 18.0 Å². The second kappa shape index (κ2) is 15.8. The van der Waals surface area contributed by atoms with Crippen molar-refractivity contribution in [2.24, 2.45) is 5.92 Å². The van der Waals surface area contributed by atoms with Gasteiger partial charge in [-0.3, -0.25) is 19.1 Å². The van der Waals surface area contributed by atoms with Crippen molar-refractivity contribution in [3.8, 4) is 0 Å². The van der Waals surface area contributed by atoms with E-state index in [0.29, 0.717) is 45.2 Å². The normalized spacial score (nSPS) is 28.9. The molecule has 3 aliphatic heterocycles. The minimum atomic E-state index is -3.88. The third-order valence-corrected chi connectivity index (χ3v) is 12.8. The SMILES string of the molecule is CCCCC(C)NC(=O)N[C@H]1CCCCC/C=C\[C@@H]2C[C@@]2(C(=O)NS(=O)(=O)C2CC2)NC(=O)[C@@H]2C[C@@H](NC(=O)N3Cc4ccccc4C3)CN2C1=O. The van der Waals surface area contributed by atoms with E-state index in [9.17, 15) is 32.4 Å². The highest BCUT2D eigenvalue weighted by Gasteiger charge is 2.62. The molecule has 0 spiro atoms. The molecule has 52 heavy (non-hydrogen) atoms. The Hall–Kier alpha value is -4.14. The smallest absolute Gasteiger partial charge is 0.318 e. The fraction of sp³-hybridized carbons (Fsp3) is 0.649. The van der Waals surface area contributed by atoms with Crippen molar-refractivity contribution in [3.05, 3.63) is 47.5 Å². The van der Waals surface area contributed by atoms with Crippen molar-refractivity contribution in [2.75, 3.05) is 6.54 Å². The summed E-state index contributed by atoms with van der Waals surface area (Å²) in [6.45, 7) is 4.90. The van der Waals surface area contributed by atoms with Gasteiger partial charge in [0.1, 0.15) is 17.6 Å². The molecule has 2 aliphatic carbocycles. The van der Waals surface area contributed by atoms with Crippen LogP contribution in [0.4, 0.5) is 9.59 Å². The van der Waals surface area contributed by atoms with E-state index in [1.54, 1.807) is 4.90 Å². The van der Waals surface area contributed by atoms with E-state index >= 15 is 0 Å². The molecular weight excluding hydrogens is 687 g/mol. The van der Waals surface area contributed by atoms with E-state index in [1.807, 2.05) is 43.3 Å². The van der Waals surface area contributed by atoms with Crippen LogP contribution in [0.1, 0.15) is 102 Å². The first-order valence-corrected chi connectivity index (χ1v) is 20.5. The van der Waals surface area contributed by atoms with Gasteiger partial charge in [-0.15, -0.1) is 0 Å². The zero-order valence-corrected chi connectivity index (χ0v) is 31.0. The van der Waals surface area contributed by atoms with Crippen LogP contribution in [0.2, 0.25) is 0 Å². The number of fused-ring (bicyclic) bond motifs is 3. The summed E-state index contributed by atoms with van der Waals surface area (Å²) in [5.41, 5.74) is 0.629. The fourth-order valence-electron chi connectivity index (χ4n) is 7.65. The maximum atomic E-state index is 14.4. The molecule has 2 saturated carbocycles. The second-order valence-corrected chi connectivity index (χ2v) is 17.2. The molecule has 1 saturated heterocycles. The molecule has 15 heteroatoms. The van der Waals surface area contributed by atoms with Crippen LogP contribution in [0.3, 0.4) is 0 Å². The van der Waals surface area contributed by atoms with Crippen LogP contribution in [-0.2, 0) is 37.5 Å². The Labute approximate surface area is 306 Å². The van der Waals surface area contributed by atoms with Gasteiger partial charge in [0, 0.05) is 31.6 Å². The number of nitrogens with one attached hydrogen (secondary N) is 5. The predicted molar refractivity (Wildman–Crippen MR) is 194 cm³/mol. The molecule has 284 valence electrons. The largest absolute Gasteiger partial charge is 0.339 e. The molecule has 3 heterocycles. The number of amides is 7. The first-order chi connectivity index (χ1) is 24.9. The van der Waals surface area contributed by atoms with E-state index < -0.39 is 68.6 Å². The van der Waals surface area contributed by atoms with Crippen LogP contribution < -0.4 is 26.0 Å². The topological polar surface area (TPSA) is 186 Å². The highest BCUT2D eigenvalue weighted by atomic mass is 32.2. The molecule has 0 aromatic heterocycles. The Balaban J connectivity index is 1.23. The lowest BCUT2D eigenvalue weighted by Crippen LogP contribution is -2.59. The van der Waals surface area contributed by atoms with Gasteiger partial charge >= 0.3 is 12.1 Å². The zero-order valence-electron chi connectivity index (χ0n) is 30.2. The van der Waals surface area contributed by atoms with Gasteiger partial charge in [0.05, 0.1) is 11.3 Å². The van der Waals surface area contributed by atoms with Gasteiger partial charge in [-0.1, -0.05) is 69.0 Å². The van der Waals surface area contributed by atoms with Gasteiger partial charge in [-0.05, 0) is 69.4 Å². The summed E-state index contributed by atoms with van der Waals surface area (Å²) in [5, 5.41) is 11.1. The summed E-state index contributed by atoms with van der Waals surface area (Å²) >= 11 is 0. The van der Waals surface area contributed by atoms with Crippen molar-refractivity contribution in [2.45, 2.75) is 139 Å². The third-order valence-electron chi connectivity index (χ3n) is 11.0. The van der Waals surface area contributed by atoms with Crippen molar-refractivity contribution in [1.29, 1.82) is 0 Å². The first kappa shape index (κ1) is 37.6. The van der Waals surface area contributed by atoms with E-state index in [1.165, 1.54) is 4.90 Å². The van der Waals surface area contributed by atoms with Gasteiger partial charge in [-0.2, -0.15) is 0 Å². The molecule has 0 radical (unpaired) electrons. The van der Waals surface area contributed by atoms with Gasteiger partial charge < -0.3 is 31.1 Å². The number of nitrogens with zero attached hydrogens (tertiary/aromatic N) is 2. The second-order valence-electron chi connectivity index (χ2n) is 15.2. The highest BCUT2D eigenvalue weighted by molar-refractivity contribution is 7.91. The summed E-state index contributed by atoms with van der Waals surface area (Å²) < 4.78 is 27.8. The molecule has 3 fully saturated rings. The number of carbonyl (C=O) groups excluding carboxylic acids is 5. The van der Waals surface area contributed by atoms with E-state index in [0.717, 1.165) is 43.2 Å². The van der Waals surface area contributed by atoms with E-state index in [4.69, 9.17) is 0 Å². The van der Waals surface area contributed by atoms with Gasteiger partial charge in [0.25, 0.3) is 5.91 Å². The van der Waals surface area contributed by atoms with Crippen LogP contribution in [0, 0.1) is 5.92 Å². The Kier molecular flexibility index (Phi) is 11.5. The van der Waals surface area contributed by atoms with Crippen LogP contribution in [0.15, 0.2) is 36.4 Å². The number of rotatable bonds is 9. The fourth-order valence-corrected chi connectivity index (χ4v) is 9.02. The summed E-state index contributed by atoms with van der Waals surface area (Å²) in [6, 6.07) is 4.35. The van der Waals surface area contributed by atoms with Gasteiger partial charge in [0.2, 0.25) is 21.8 Å². The highest BCUT2D eigenvalue weighted by Crippen LogP contribution is 2.46. The number of urea groups is 2. The lowest BCUT2D eigenvalue weighted by molar-refractivity contribution is -0.141. The number of hydrogen-bond acceptors (Lipinski definition) is 7. The van der Waals surface area contributed by atoms with Crippen molar-refractivity contribution < 1.29 is 32.4 Å². The lowest BCUT2D eigenvalue weighted by atomic mass is 10.0. The molecule has 1 aromatic carbocycles. The minimum Gasteiger partial charge on any atom is -0.339 e. The molecular formula is C37H53N7O7S. The van der Waals surface area contributed by atoms with Crippen molar-refractivity contribution in [1.82, 2.24) is 35.8 Å². The number of sulfonamides is 1. The summed E-state index contributed by atoms with van der Waals surface area (Å²) in [6.07, 6.45) is 11.2. The first-order valence-electron chi connectivity index (χ1n) is 18.9. The molecule has 7 amide bonds. The molecule has 1 aromatic rings. The summed E-state index contributed by atoms with van der Waals surface area (Å²) in [4.78, 5) is 72.1.